The van der Waals surface area contributed by atoms with Crippen molar-refractivity contribution in [2.24, 2.45) is 0 Å². The minimum Gasteiger partial charge on any atom is -0.444 e. The van der Waals surface area contributed by atoms with Gasteiger partial charge < -0.3 is 19.9 Å². The predicted molar refractivity (Wildman–Crippen MR) is 143 cm³/mol. The van der Waals surface area contributed by atoms with Gasteiger partial charge in [0.1, 0.15) is 17.2 Å². The molecule has 208 valence electrons. The second-order valence-electron chi connectivity index (χ2n) is 11.4. The first-order chi connectivity index (χ1) is 18.2. The van der Waals surface area contributed by atoms with Crippen LogP contribution in [0.1, 0.15) is 62.7 Å². The Bertz CT molecular complexity index is 1420. The third-order valence-corrected chi connectivity index (χ3v) is 7.35. The van der Waals surface area contributed by atoms with Crippen LogP contribution in [0.25, 0.3) is 11.0 Å². The smallest absolute Gasteiger partial charge is 0.416 e. The number of likely N-dealkylation sites (tertiary alicyclic amines) is 1. The molecule has 4 heterocycles. The normalized spacial score (nSPS) is 20.0. The van der Waals surface area contributed by atoms with Gasteiger partial charge in [-0.15, -0.1) is 0 Å². The molecule has 0 saturated carbocycles. The highest BCUT2D eigenvalue weighted by Crippen LogP contribution is 2.38. The molecule has 2 aromatic heterocycles. The van der Waals surface area contributed by atoms with E-state index in [9.17, 15) is 18.0 Å². The predicted octanol–water partition coefficient (Wildman–Crippen LogP) is 6.03. The van der Waals surface area contributed by atoms with Crippen LogP contribution < -0.4 is 10.2 Å². The summed E-state index contributed by atoms with van der Waals surface area (Å²) in [7, 11) is 0. The molecule has 2 aliphatic rings. The molecule has 2 saturated heterocycles. The van der Waals surface area contributed by atoms with Crippen molar-refractivity contribution >= 4 is 28.6 Å². The maximum absolute atomic E-state index is 13.5. The van der Waals surface area contributed by atoms with Crippen molar-refractivity contribution in [2.45, 2.75) is 77.9 Å². The van der Waals surface area contributed by atoms with E-state index in [1.54, 1.807) is 24.1 Å². The zero-order chi connectivity index (χ0) is 28.3. The Balaban J connectivity index is 1.40. The number of carbonyl (C=O) groups is 1. The zero-order valence-corrected chi connectivity index (χ0v) is 22.9. The van der Waals surface area contributed by atoms with Crippen LogP contribution >= 0.6 is 0 Å². The number of ether oxygens (including phenoxy) is 1. The number of amides is 1. The quantitative estimate of drug-likeness (QED) is 0.431. The van der Waals surface area contributed by atoms with Crippen LogP contribution in [0.3, 0.4) is 0 Å². The number of anilines is 2. The van der Waals surface area contributed by atoms with E-state index in [0.717, 1.165) is 18.2 Å². The maximum Gasteiger partial charge on any atom is 0.416 e. The number of halogens is 3. The van der Waals surface area contributed by atoms with Gasteiger partial charge in [-0.2, -0.15) is 13.2 Å². The van der Waals surface area contributed by atoms with Gasteiger partial charge in [-0.3, -0.25) is 0 Å². The van der Waals surface area contributed by atoms with Crippen LogP contribution in [0.5, 0.6) is 0 Å². The molecule has 39 heavy (non-hydrogen) atoms. The lowest BCUT2D eigenvalue weighted by atomic mass is 9.97. The van der Waals surface area contributed by atoms with Gasteiger partial charge in [0, 0.05) is 19.1 Å². The third kappa shape index (κ3) is 5.31. The van der Waals surface area contributed by atoms with Crippen molar-refractivity contribution in [2.75, 3.05) is 23.3 Å². The highest BCUT2D eigenvalue weighted by atomic mass is 19.4. The number of aryl methyl sites for hydroxylation is 1. The second-order valence-corrected chi connectivity index (χ2v) is 11.4. The fourth-order valence-electron chi connectivity index (χ4n) is 5.62. The average Bonchev–Trinajstić information content (AvgIpc) is 3.43. The Morgan fingerprint density at radius 3 is 2.51 bits per heavy atom. The van der Waals surface area contributed by atoms with Crippen LogP contribution in [0.2, 0.25) is 0 Å². The monoisotopic (exact) mass is 542 g/mol. The highest BCUT2D eigenvalue weighted by molar-refractivity contribution is 5.89. The summed E-state index contributed by atoms with van der Waals surface area (Å²) < 4.78 is 46.1. The Hall–Kier alpha value is -3.63. The Morgan fingerprint density at radius 2 is 1.87 bits per heavy atom. The van der Waals surface area contributed by atoms with E-state index in [1.165, 1.54) is 13.0 Å². The summed E-state index contributed by atoms with van der Waals surface area (Å²) in [6, 6.07) is 5.93. The number of carbonyl (C=O) groups excluding carboxylic acids is 1. The fraction of sp³-hybridized carbons (Fsp3) is 0.500. The maximum atomic E-state index is 13.5. The fourth-order valence-corrected chi connectivity index (χ4v) is 5.62. The van der Waals surface area contributed by atoms with Crippen LogP contribution in [0.15, 0.2) is 30.5 Å². The van der Waals surface area contributed by atoms with Gasteiger partial charge in [-0.05, 0) is 71.2 Å². The number of piperazine rings is 1. The summed E-state index contributed by atoms with van der Waals surface area (Å²) in [6.45, 7) is 11.9. The van der Waals surface area contributed by atoms with Gasteiger partial charge in [0.15, 0.2) is 5.65 Å². The van der Waals surface area contributed by atoms with E-state index in [2.05, 4.69) is 25.2 Å². The summed E-state index contributed by atoms with van der Waals surface area (Å²) >= 11 is 0. The number of fused-ring (bicyclic) bond motifs is 3. The van der Waals surface area contributed by atoms with Crippen LogP contribution in [-0.2, 0) is 10.9 Å². The number of alkyl halides is 3. The van der Waals surface area contributed by atoms with E-state index in [4.69, 9.17) is 4.74 Å². The van der Waals surface area contributed by atoms with Gasteiger partial charge in [-0.25, -0.2) is 19.7 Å². The van der Waals surface area contributed by atoms with Crippen molar-refractivity contribution in [3.05, 3.63) is 53.0 Å². The van der Waals surface area contributed by atoms with Crippen molar-refractivity contribution in [1.29, 1.82) is 0 Å². The Labute approximate surface area is 225 Å². The number of hydrogen-bond donors (Lipinski definition) is 1. The summed E-state index contributed by atoms with van der Waals surface area (Å²) in [5.41, 5.74) is 0.912. The van der Waals surface area contributed by atoms with Gasteiger partial charge >= 0.3 is 12.3 Å². The largest absolute Gasteiger partial charge is 0.444 e. The average molecular weight is 543 g/mol. The van der Waals surface area contributed by atoms with Crippen molar-refractivity contribution in [3.63, 3.8) is 0 Å². The van der Waals surface area contributed by atoms with Crippen LogP contribution in [-0.4, -0.2) is 56.7 Å². The van der Waals surface area contributed by atoms with Gasteiger partial charge in [0.2, 0.25) is 0 Å². The van der Waals surface area contributed by atoms with E-state index in [-0.39, 0.29) is 23.7 Å². The van der Waals surface area contributed by atoms with Crippen LogP contribution in [0, 0.1) is 13.8 Å². The van der Waals surface area contributed by atoms with Crippen LogP contribution in [0.4, 0.5) is 29.5 Å². The Morgan fingerprint density at radius 1 is 1.13 bits per heavy atom. The molecular weight excluding hydrogens is 509 g/mol. The van der Waals surface area contributed by atoms with Crippen molar-refractivity contribution in [3.8, 4) is 0 Å². The molecule has 1 N–H and O–H groups in total. The molecule has 3 atom stereocenters. The molecule has 0 unspecified atom stereocenters. The first-order valence-corrected chi connectivity index (χ1v) is 13.0. The van der Waals surface area contributed by atoms with Gasteiger partial charge in [0.05, 0.1) is 34.9 Å². The molecule has 1 amide bonds. The lowest BCUT2D eigenvalue weighted by Crippen LogP contribution is -2.50. The molecule has 3 aromatic rings. The number of benzene rings is 1. The third-order valence-electron chi connectivity index (χ3n) is 7.35. The summed E-state index contributed by atoms with van der Waals surface area (Å²) in [4.78, 5) is 30.3. The zero-order valence-electron chi connectivity index (χ0n) is 22.9. The molecule has 2 aliphatic heterocycles. The van der Waals surface area contributed by atoms with E-state index >= 15 is 0 Å². The van der Waals surface area contributed by atoms with Gasteiger partial charge in [0.25, 0.3) is 0 Å². The highest BCUT2D eigenvalue weighted by Gasteiger charge is 2.46. The van der Waals surface area contributed by atoms with E-state index < -0.39 is 23.4 Å². The van der Waals surface area contributed by atoms with E-state index in [1.807, 2.05) is 33.8 Å². The van der Waals surface area contributed by atoms with Gasteiger partial charge in [-0.1, -0.05) is 12.1 Å². The summed E-state index contributed by atoms with van der Waals surface area (Å²) in [5.74, 6) is 1.02. The molecule has 0 radical (unpaired) electrons. The molecule has 2 fully saturated rings. The summed E-state index contributed by atoms with van der Waals surface area (Å²) in [6.07, 6.45) is -2.10. The SMILES string of the molecule is Cc1nc(N[C@H](C)c2cccc(C(F)(F)F)c2C)c2cc(N3C[C@@H]4C[C@H]3CN4C(=O)OC(C)(C)C)cnc2n1. The molecule has 11 heteroatoms. The Kier molecular flexibility index (Phi) is 6.59. The first-order valence-electron chi connectivity index (χ1n) is 13.0. The topological polar surface area (TPSA) is 83.5 Å². The van der Waals surface area contributed by atoms with Crippen molar-refractivity contribution < 1.29 is 22.7 Å². The molecule has 0 aliphatic carbocycles. The lowest BCUT2D eigenvalue weighted by molar-refractivity contribution is -0.138. The number of rotatable bonds is 4. The number of hydrogen-bond acceptors (Lipinski definition) is 7. The number of aromatic nitrogens is 3. The second kappa shape index (κ2) is 9.53. The lowest BCUT2D eigenvalue weighted by Gasteiger charge is -2.36. The first kappa shape index (κ1) is 27.0. The minimum atomic E-state index is -4.43. The molecule has 5 rings (SSSR count). The molecule has 8 nitrogen and oxygen atoms in total. The molecule has 2 bridgehead atoms. The van der Waals surface area contributed by atoms with Crippen molar-refractivity contribution in [1.82, 2.24) is 19.9 Å². The summed E-state index contributed by atoms with van der Waals surface area (Å²) in [5, 5.41) is 3.99. The molecule has 1 aromatic carbocycles. The molecule has 0 spiro atoms. The minimum absolute atomic E-state index is 0.0521. The number of nitrogens with zero attached hydrogens (tertiary/aromatic N) is 5. The standard InChI is InChI=1S/C28H33F3N6O2/c1-15-21(8-7-9-23(15)28(29,30)31)16(2)33-25-22-11-18(12-32-24(22)34-17(3)35-25)36-13-20-10-19(36)14-37(20)26(38)39-27(4,5)6/h7-9,11-12,16,19-20H,10,13-14H2,1-6H3,(H,32,33,34,35)/t16-,19+,20+/m1/s1. The van der Waals surface area contributed by atoms with E-state index in [0.29, 0.717) is 41.3 Å². The number of pyridine rings is 1. The number of nitrogens with one attached hydrogen (secondary N) is 1. The molecular formula is C28H33F3N6O2.